The molecule has 2 aromatic rings. The van der Waals surface area contributed by atoms with Gasteiger partial charge in [-0.25, -0.2) is 8.42 Å². The van der Waals surface area contributed by atoms with E-state index in [1.165, 1.54) is 36.2 Å². The van der Waals surface area contributed by atoms with Crippen molar-refractivity contribution in [3.05, 3.63) is 63.6 Å². The molecule has 28 heavy (non-hydrogen) atoms. The quantitative estimate of drug-likeness (QED) is 0.622. The predicted molar refractivity (Wildman–Crippen MR) is 116 cm³/mol. The number of amides is 1. The number of halogens is 2. The molecule has 0 fully saturated rings. The van der Waals surface area contributed by atoms with Gasteiger partial charge >= 0.3 is 0 Å². The lowest BCUT2D eigenvalue weighted by atomic mass is 10.1. The second kappa shape index (κ2) is 9.63. The molecular weight excluding hydrogens is 419 g/mol. The minimum Gasteiger partial charge on any atom is -0.354 e. The maximum Gasteiger partial charge on any atom is 0.243 e. The summed E-state index contributed by atoms with van der Waals surface area (Å²) in [6.07, 6.45) is 2.63. The molecule has 1 amide bonds. The molecular formula is C20H24Cl2N2O3S. The van der Waals surface area contributed by atoms with Crippen LogP contribution in [0, 0.1) is 6.92 Å². The molecule has 0 aliphatic rings. The Labute approximate surface area is 176 Å². The Bertz CT molecular complexity index is 928. The zero-order valence-corrected chi connectivity index (χ0v) is 18.4. The summed E-state index contributed by atoms with van der Waals surface area (Å²) in [6.45, 7) is 4.02. The molecule has 8 heteroatoms. The molecule has 0 aliphatic carbocycles. The van der Waals surface area contributed by atoms with Crippen LogP contribution in [0.25, 0.3) is 0 Å². The third-order valence-electron chi connectivity index (χ3n) is 4.21. The topological polar surface area (TPSA) is 66.5 Å². The lowest BCUT2D eigenvalue weighted by Crippen LogP contribution is -2.48. The number of sulfonamides is 1. The highest BCUT2D eigenvalue weighted by Gasteiger charge is 2.29. The summed E-state index contributed by atoms with van der Waals surface area (Å²) >= 11 is 12.0. The summed E-state index contributed by atoms with van der Waals surface area (Å²) < 4.78 is 25.6. The van der Waals surface area contributed by atoms with Gasteiger partial charge in [0.2, 0.25) is 15.9 Å². The second-order valence-corrected chi connectivity index (χ2v) is 9.48. The van der Waals surface area contributed by atoms with Gasteiger partial charge in [-0.15, -0.1) is 0 Å². The molecule has 1 atom stereocenters. The average molecular weight is 443 g/mol. The van der Waals surface area contributed by atoms with Crippen molar-refractivity contribution in [2.45, 2.75) is 32.7 Å². The molecule has 152 valence electrons. The maximum atomic E-state index is 12.6. The van der Waals surface area contributed by atoms with Crippen LogP contribution in [0.3, 0.4) is 0 Å². The van der Waals surface area contributed by atoms with Crippen molar-refractivity contribution in [3.63, 3.8) is 0 Å². The minimum atomic E-state index is -3.72. The number of aryl methyl sites for hydroxylation is 2. The number of rotatable bonds is 8. The van der Waals surface area contributed by atoms with Crippen molar-refractivity contribution >= 4 is 44.8 Å². The molecule has 0 radical (unpaired) electrons. The molecule has 0 heterocycles. The lowest BCUT2D eigenvalue weighted by Gasteiger charge is -2.28. The molecule has 1 N–H and O–H groups in total. The van der Waals surface area contributed by atoms with Crippen LogP contribution in [0.2, 0.25) is 10.0 Å². The predicted octanol–water partition coefficient (Wildman–Crippen LogP) is 4.21. The van der Waals surface area contributed by atoms with Crippen molar-refractivity contribution in [3.8, 4) is 0 Å². The molecule has 0 bridgehead atoms. The van der Waals surface area contributed by atoms with Crippen LogP contribution in [0.1, 0.15) is 24.5 Å². The van der Waals surface area contributed by atoms with E-state index >= 15 is 0 Å². The van der Waals surface area contributed by atoms with Crippen molar-refractivity contribution in [2.24, 2.45) is 0 Å². The van der Waals surface area contributed by atoms with Gasteiger partial charge in [-0.05, 0) is 50.5 Å². The van der Waals surface area contributed by atoms with E-state index in [4.69, 9.17) is 23.2 Å². The highest BCUT2D eigenvalue weighted by atomic mass is 35.5. The first-order valence-electron chi connectivity index (χ1n) is 8.86. The molecule has 2 aromatic carbocycles. The van der Waals surface area contributed by atoms with Gasteiger partial charge in [0.15, 0.2) is 0 Å². The molecule has 0 saturated carbocycles. The standard InChI is InChI=1S/C20H24Cl2N2O3S/c1-14-6-4-7-16(10-14)8-5-9-23-20(25)15(2)24(28(3,26)27)19-12-17(21)11-18(22)13-19/h4,6-7,10-13,15H,5,8-9H2,1-3H3,(H,23,25)/t15-/m0/s1. The summed E-state index contributed by atoms with van der Waals surface area (Å²) in [4.78, 5) is 12.6. The smallest absolute Gasteiger partial charge is 0.243 e. The molecule has 2 rings (SSSR count). The number of nitrogens with one attached hydrogen (secondary N) is 1. The monoisotopic (exact) mass is 442 g/mol. The van der Waals surface area contributed by atoms with Crippen LogP contribution in [0.5, 0.6) is 0 Å². The third-order valence-corrected chi connectivity index (χ3v) is 5.89. The van der Waals surface area contributed by atoms with Gasteiger partial charge in [0.05, 0.1) is 11.9 Å². The number of hydrogen-bond donors (Lipinski definition) is 1. The van der Waals surface area contributed by atoms with E-state index < -0.39 is 16.1 Å². The molecule has 0 aromatic heterocycles. The molecule has 0 spiro atoms. The van der Waals surface area contributed by atoms with Crippen molar-refractivity contribution in [1.82, 2.24) is 5.32 Å². The number of anilines is 1. The maximum absolute atomic E-state index is 12.6. The van der Waals surface area contributed by atoms with Gasteiger partial charge < -0.3 is 5.32 Å². The van der Waals surface area contributed by atoms with E-state index in [1.807, 2.05) is 25.1 Å². The summed E-state index contributed by atoms with van der Waals surface area (Å²) in [5, 5.41) is 3.39. The van der Waals surface area contributed by atoms with Crippen LogP contribution in [-0.2, 0) is 21.2 Å². The number of carbonyl (C=O) groups excluding carboxylic acids is 1. The van der Waals surface area contributed by atoms with Crippen LogP contribution >= 0.6 is 23.2 Å². The van der Waals surface area contributed by atoms with E-state index in [2.05, 4.69) is 11.4 Å². The summed E-state index contributed by atoms with van der Waals surface area (Å²) in [5.41, 5.74) is 2.65. The first kappa shape index (κ1) is 22.5. The van der Waals surface area contributed by atoms with Gasteiger partial charge in [-0.1, -0.05) is 53.0 Å². The van der Waals surface area contributed by atoms with Gasteiger partial charge in [-0.3, -0.25) is 9.10 Å². The molecule has 0 saturated heterocycles. The fraction of sp³-hybridized carbons (Fsp3) is 0.350. The first-order chi connectivity index (χ1) is 13.1. The number of nitrogens with zero attached hydrogens (tertiary/aromatic N) is 1. The average Bonchev–Trinajstić information content (AvgIpc) is 2.56. The van der Waals surface area contributed by atoms with Crippen molar-refractivity contribution < 1.29 is 13.2 Å². The zero-order chi connectivity index (χ0) is 20.9. The SMILES string of the molecule is Cc1cccc(CCCNC(=O)[C@H](C)N(c2cc(Cl)cc(Cl)c2)S(C)(=O)=O)c1. The molecule has 0 aliphatic heterocycles. The summed E-state index contributed by atoms with van der Waals surface area (Å²) in [6, 6.07) is 11.7. The van der Waals surface area contributed by atoms with Gasteiger partial charge in [0.25, 0.3) is 0 Å². The van der Waals surface area contributed by atoms with Crippen molar-refractivity contribution in [2.75, 3.05) is 17.1 Å². The number of benzene rings is 2. The van der Waals surface area contributed by atoms with Gasteiger partial charge in [0.1, 0.15) is 6.04 Å². The Kier molecular flexibility index (Phi) is 7.75. The van der Waals surface area contributed by atoms with Crippen LogP contribution in [0.15, 0.2) is 42.5 Å². The molecule has 5 nitrogen and oxygen atoms in total. The first-order valence-corrected chi connectivity index (χ1v) is 11.5. The number of hydrogen-bond acceptors (Lipinski definition) is 3. The van der Waals surface area contributed by atoms with E-state index in [0.717, 1.165) is 23.4 Å². The molecule has 0 unspecified atom stereocenters. The second-order valence-electron chi connectivity index (χ2n) is 6.75. The highest BCUT2D eigenvalue weighted by Crippen LogP contribution is 2.28. The van der Waals surface area contributed by atoms with Crippen LogP contribution in [-0.4, -0.2) is 33.2 Å². The number of carbonyl (C=O) groups is 1. The highest BCUT2D eigenvalue weighted by molar-refractivity contribution is 7.92. The van der Waals surface area contributed by atoms with Crippen molar-refractivity contribution in [1.29, 1.82) is 0 Å². The zero-order valence-electron chi connectivity index (χ0n) is 16.1. The fourth-order valence-corrected chi connectivity index (χ4v) is 4.67. The normalized spacial score (nSPS) is 12.5. The summed E-state index contributed by atoms with van der Waals surface area (Å²) in [7, 11) is -3.72. The Morgan fingerprint density at radius 1 is 1.14 bits per heavy atom. The Morgan fingerprint density at radius 3 is 2.36 bits per heavy atom. The fourth-order valence-electron chi connectivity index (χ4n) is 2.99. The van der Waals surface area contributed by atoms with E-state index in [0.29, 0.717) is 16.6 Å². The third kappa shape index (κ3) is 6.40. The Balaban J connectivity index is 2.03. The minimum absolute atomic E-state index is 0.252. The van der Waals surface area contributed by atoms with E-state index in [1.54, 1.807) is 0 Å². The van der Waals surface area contributed by atoms with Gasteiger partial charge in [0, 0.05) is 16.6 Å². The lowest BCUT2D eigenvalue weighted by molar-refractivity contribution is -0.121. The van der Waals surface area contributed by atoms with Gasteiger partial charge in [-0.2, -0.15) is 0 Å². The van der Waals surface area contributed by atoms with E-state index in [9.17, 15) is 13.2 Å². The van der Waals surface area contributed by atoms with Crippen LogP contribution in [0.4, 0.5) is 5.69 Å². The van der Waals surface area contributed by atoms with Crippen LogP contribution < -0.4 is 9.62 Å². The summed E-state index contributed by atoms with van der Waals surface area (Å²) in [5.74, 6) is -0.384. The largest absolute Gasteiger partial charge is 0.354 e. The Morgan fingerprint density at radius 2 is 1.79 bits per heavy atom. The van der Waals surface area contributed by atoms with E-state index in [-0.39, 0.29) is 11.6 Å². The Hall–Kier alpha value is -1.76.